The number of hydrogen-bond acceptors (Lipinski definition) is 5. The molecule has 24 heavy (non-hydrogen) atoms. The Morgan fingerprint density at radius 3 is 2.38 bits per heavy atom. The molecule has 0 spiro atoms. The van der Waals surface area contributed by atoms with E-state index in [9.17, 15) is 23.1 Å². The molecule has 1 amide bonds. The second-order valence-corrected chi connectivity index (χ2v) is 7.69. The van der Waals surface area contributed by atoms with E-state index in [-0.39, 0.29) is 42.9 Å². The van der Waals surface area contributed by atoms with Crippen molar-refractivity contribution in [2.45, 2.75) is 25.4 Å². The number of rotatable bonds is 5. The summed E-state index contributed by atoms with van der Waals surface area (Å²) < 4.78 is 25.9. The van der Waals surface area contributed by atoms with Crippen LogP contribution in [0.15, 0.2) is 24.3 Å². The number of piperidine rings is 1. The Morgan fingerprint density at radius 2 is 1.83 bits per heavy atom. The first-order valence-electron chi connectivity index (χ1n) is 7.53. The Kier molecular flexibility index (Phi) is 5.14. The van der Waals surface area contributed by atoms with Crippen molar-refractivity contribution in [3.8, 4) is 0 Å². The van der Waals surface area contributed by atoms with Gasteiger partial charge in [0.15, 0.2) is 5.60 Å². The Balaban J connectivity index is 2.18. The molecule has 0 unspecified atom stereocenters. The number of benzene rings is 1. The lowest BCUT2D eigenvalue weighted by molar-refractivity contribution is -0.162. The third-order valence-corrected chi connectivity index (χ3v) is 5.37. The van der Waals surface area contributed by atoms with Crippen LogP contribution in [0.25, 0.3) is 0 Å². The minimum absolute atomic E-state index is 0.0725. The van der Waals surface area contributed by atoms with Gasteiger partial charge >= 0.3 is 5.97 Å². The van der Waals surface area contributed by atoms with E-state index in [0.717, 1.165) is 0 Å². The molecule has 1 aromatic carbocycles. The first kappa shape index (κ1) is 18.2. The van der Waals surface area contributed by atoms with Gasteiger partial charge in [-0.15, -0.1) is 0 Å². The molecule has 1 fully saturated rings. The number of anilines is 1. The summed E-state index contributed by atoms with van der Waals surface area (Å²) in [5, 5.41) is 18.9. The van der Waals surface area contributed by atoms with Gasteiger partial charge in [0.25, 0.3) is 5.91 Å². The van der Waals surface area contributed by atoms with Crippen molar-refractivity contribution >= 4 is 27.6 Å². The summed E-state index contributed by atoms with van der Waals surface area (Å²) >= 11 is 0. The highest BCUT2D eigenvalue weighted by molar-refractivity contribution is 7.92. The number of carbonyl (C=O) groups excluding carboxylic acids is 1. The maximum absolute atomic E-state index is 12.6. The second kappa shape index (κ2) is 6.78. The van der Waals surface area contributed by atoms with Crippen LogP contribution in [0.1, 0.15) is 30.1 Å². The summed E-state index contributed by atoms with van der Waals surface area (Å²) in [6.07, 6.45) is -0.145. The Morgan fingerprint density at radius 1 is 1.25 bits per heavy atom. The monoisotopic (exact) mass is 356 g/mol. The fourth-order valence-electron chi connectivity index (χ4n) is 2.46. The lowest BCUT2D eigenvalue weighted by Crippen LogP contribution is -2.50. The fourth-order valence-corrected chi connectivity index (χ4v) is 3.12. The number of hydrogen-bond donors (Lipinski definition) is 3. The van der Waals surface area contributed by atoms with Crippen LogP contribution in [0.3, 0.4) is 0 Å². The van der Waals surface area contributed by atoms with E-state index >= 15 is 0 Å². The summed E-state index contributed by atoms with van der Waals surface area (Å²) in [6.45, 7) is 1.65. The van der Waals surface area contributed by atoms with E-state index in [0.29, 0.717) is 0 Å². The average molecular weight is 356 g/mol. The number of carbonyl (C=O) groups is 2. The van der Waals surface area contributed by atoms with E-state index in [1.54, 1.807) is 12.1 Å². The molecule has 2 rings (SSSR count). The van der Waals surface area contributed by atoms with E-state index in [1.165, 1.54) is 24.0 Å². The van der Waals surface area contributed by atoms with Crippen molar-refractivity contribution in [3.63, 3.8) is 0 Å². The SMILES string of the molecule is CCS(=O)(=O)Nc1ccccc1C(=O)N1CCC(O)(C(=O)O)CC1. The van der Waals surface area contributed by atoms with Gasteiger partial charge in [-0.25, -0.2) is 13.2 Å². The van der Waals surface area contributed by atoms with Crippen LogP contribution in [-0.4, -0.2) is 59.9 Å². The zero-order valence-electron chi connectivity index (χ0n) is 13.2. The number of nitrogens with one attached hydrogen (secondary N) is 1. The maximum atomic E-state index is 12.6. The van der Waals surface area contributed by atoms with Gasteiger partial charge in [0.1, 0.15) is 0 Å². The van der Waals surface area contributed by atoms with E-state index in [4.69, 9.17) is 5.11 Å². The summed E-state index contributed by atoms with van der Waals surface area (Å²) in [6, 6.07) is 6.24. The molecule has 0 atom stereocenters. The molecule has 132 valence electrons. The Labute approximate surface area is 140 Å². The molecule has 1 saturated heterocycles. The lowest BCUT2D eigenvalue weighted by Gasteiger charge is -2.35. The molecule has 1 aliphatic rings. The maximum Gasteiger partial charge on any atom is 0.335 e. The third kappa shape index (κ3) is 3.85. The number of carboxylic acids is 1. The van der Waals surface area contributed by atoms with Crippen LogP contribution in [-0.2, 0) is 14.8 Å². The van der Waals surface area contributed by atoms with Crippen LogP contribution >= 0.6 is 0 Å². The molecule has 0 radical (unpaired) electrons. The second-order valence-electron chi connectivity index (χ2n) is 5.68. The summed E-state index contributed by atoms with van der Waals surface area (Å²) in [5.74, 6) is -1.83. The molecular weight excluding hydrogens is 336 g/mol. The zero-order valence-corrected chi connectivity index (χ0v) is 14.0. The van der Waals surface area contributed by atoms with Gasteiger partial charge in [-0.2, -0.15) is 0 Å². The number of amides is 1. The van der Waals surface area contributed by atoms with Crippen molar-refractivity contribution in [2.24, 2.45) is 0 Å². The van der Waals surface area contributed by atoms with E-state index in [2.05, 4.69) is 4.72 Å². The van der Waals surface area contributed by atoms with Crippen molar-refractivity contribution in [3.05, 3.63) is 29.8 Å². The molecular formula is C15H20N2O6S. The van der Waals surface area contributed by atoms with Crippen LogP contribution < -0.4 is 4.72 Å². The predicted molar refractivity (Wildman–Crippen MR) is 87.2 cm³/mol. The molecule has 1 aromatic rings. The number of aliphatic carboxylic acids is 1. The summed E-state index contributed by atoms with van der Waals surface area (Å²) in [5.41, 5.74) is -1.45. The van der Waals surface area contributed by atoms with Crippen molar-refractivity contribution < 1.29 is 28.2 Å². The Bertz CT molecular complexity index is 738. The molecule has 0 aromatic heterocycles. The van der Waals surface area contributed by atoms with Crippen molar-refractivity contribution in [2.75, 3.05) is 23.6 Å². The minimum Gasteiger partial charge on any atom is -0.479 e. The molecule has 1 heterocycles. The first-order valence-corrected chi connectivity index (χ1v) is 9.18. The van der Waals surface area contributed by atoms with Crippen LogP contribution in [0.4, 0.5) is 5.69 Å². The number of para-hydroxylation sites is 1. The van der Waals surface area contributed by atoms with Crippen molar-refractivity contribution in [1.82, 2.24) is 4.90 Å². The molecule has 3 N–H and O–H groups in total. The molecule has 0 bridgehead atoms. The van der Waals surface area contributed by atoms with Gasteiger partial charge in [0.05, 0.1) is 17.0 Å². The number of carboxylic acid groups (broad SMARTS) is 1. The number of aliphatic hydroxyl groups is 1. The third-order valence-electron chi connectivity index (χ3n) is 4.08. The zero-order chi connectivity index (χ0) is 18.0. The predicted octanol–water partition coefficient (Wildman–Crippen LogP) is 0.500. The molecule has 0 aliphatic carbocycles. The Hall–Kier alpha value is -2.13. The standard InChI is InChI=1S/C15H20N2O6S/c1-2-24(22,23)16-12-6-4-3-5-11(12)13(18)17-9-7-15(21,8-10-17)14(19)20/h3-6,16,21H,2,7-10H2,1H3,(H,19,20). The van der Waals surface area contributed by atoms with Crippen LogP contribution in [0.5, 0.6) is 0 Å². The normalized spacial score (nSPS) is 17.3. The van der Waals surface area contributed by atoms with Crippen LogP contribution in [0, 0.1) is 0 Å². The molecule has 8 nitrogen and oxygen atoms in total. The number of likely N-dealkylation sites (tertiary alicyclic amines) is 1. The van der Waals surface area contributed by atoms with Gasteiger partial charge in [-0.1, -0.05) is 12.1 Å². The fraction of sp³-hybridized carbons (Fsp3) is 0.467. The van der Waals surface area contributed by atoms with Gasteiger partial charge in [-0.3, -0.25) is 9.52 Å². The average Bonchev–Trinajstić information content (AvgIpc) is 2.55. The number of nitrogens with zero attached hydrogens (tertiary/aromatic N) is 1. The number of sulfonamides is 1. The van der Waals surface area contributed by atoms with Gasteiger partial charge in [-0.05, 0) is 19.1 Å². The van der Waals surface area contributed by atoms with E-state index < -0.39 is 27.5 Å². The highest BCUT2D eigenvalue weighted by atomic mass is 32.2. The minimum atomic E-state index is -3.53. The summed E-state index contributed by atoms with van der Waals surface area (Å²) in [4.78, 5) is 25.1. The molecule has 9 heteroatoms. The van der Waals surface area contributed by atoms with E-state index in [1.807, 2.05) is 0 Å². The smallest absolute Gasteiger partial charge is 0.335 e. The lowest BCUT2D eigenvalue weighted by atomic mass is 9.91. The topological polar surface area (TPSA) is 124 Å². The molecule has 1 aliphatic heterocycles. The molecule has 0 saturated carbocycles. The van der Waals surface area contributed by atoms with Crippen LogP contribution in [0.2, 0.25) is 0 Å². The summed E-state index contributed by atoms with van der Waals surface area (Å²) in [7, 11) is -3.53. The van der Waals surface area contributed by atoms with Gasteiger partial charge < -0.3 is 15.1 Å². The van der Waals surface area contributed by atoms with Gasteiger partial charge in [0, 0.05) is 25.9 Å². The van der Waals surface area contributed by atoms with Crippen molar-refractivity contribution in [1.29, 1.82) is 0 Å². The first-order chi connectivity index (χ1) is 11.2. The highest BCUT2D eigenvalue weighted by Crippen LogP contribution is 2.25. The van der Waals surface area contributed by atoms with Gasteiger partial charge in [0.2, 0.25) is 10.0 Å². The largest absolute Gasteiger partial charge is 0.479 e. The highest BCUT2D eigenvalue weighted by Gasteiger charge is 2.40. The quantitative estimate of drug-likeness (QED) is 0.706.